The summed E-state index contributed by atoms with van der Waals surface area (Å²) in [6, 6.07) is 12.9. The number of likely N-dealkylation sites (N-methyl/N-ethyl adjacent to an activating group) is 1. The summed E-state index contributed by atoms with van der Waals surface area (Å²) in [6.45, 7) is 4.05. The van der Waals surface area contributed by atoms with E-state index in [4.69, 9.17) is 5.73 Å². The monoisotopic (exact) mass is 422 g/mol. The number of rotatable bonds is 8. The van der Waals surface area contributed by atoms with Crippen molar-refractivity contribution in [3.8, 4) is 0 Å². The van der Waals surface area contributed by atoms with E-state index in [1.54, 1.807) is 19.3 Å². The molecule has 1 amide bonds. The number of pyridine rings is 1. The van der Waals surface area contributed by atoms with Crippen LogP contribution >= 0.6 is 0 Å². The van der Waals surface area contributed by atoms with Gasteiger partial charge < -0.3 is 16.0 Å². The number of hydrogen-bond donors (Lipinski definition) is 3. The molecule has 0 aliphatic heterocycles. The normalized spacial score (nSPS) is 11.8. The Labute approximate surface area is 179 Å². The van der Waals surface area contributed by atoms with E-state index in [0.29, 0.717) is 0 Å². The van der Waals surface area contributed by atoms with E-state index < -0.39 is 11.2 Å². The van der Waals surface area contributed by atoms with E-state index in [1.807, 2.05) is 49.4 Å². The van der Waals surface area contributed by atoms with Gasteiger partial charge in [0.25, 0.3) is 5.56 Å². The minimum Gasteiger partial charge on any atom is -0.383 e. The molecule has 0 bridgehead atoms. The fourth-order valence-electron chi connectivity index (χ4n) is 3.31. The van der Waals surface area contributed by atoms with E-state index >= 15 is 0 Å². The molecule has 162 valence electrons. The van der Waals surface area contributed by atoms with Crippen LogP contribution in [0.1, 0.15) is 31.0 Å². The van der Waals surface area contributed by atoms with Gasteiger partial charge in [-0.15, -0.1) is 0 Å². The standard InChI is InChI=1S/C22H26N6O3/c1-3-27(18(29)13-25-15(2)17-10-7-11-24-12-17)19-20(23)28(22(31)26-21(19)30)14-16-8-5-4-6-9-16/h4-12,15,25H,3,13-14,23H2,1-2H3,(H,26,30,31). The molecule has 1 unspecified atom stereocenters. The molecule has 0 saturated heterocycles. The Morgan fingerprint density at radius 1 is 1.23 bits per heavy atom. The lowest BCUT2D eigenvalue weighted by Gasteiger charge is -2.24. The van der Waals surface area contributed by atoms with Crippen molar-refractivity contribution in [2.45, 2.75) is 26.4 Å². The van der Waals surface area contributed by atoms with Gasteiger partial charge in [-0.1, -0.05) is 36.4 Å². The molecule has 0 fully saturated rings. The van der Waals surface area contributed by atoms with Gasteiger partial charge >= 0.3 is 5.69 Å². The third-order valence-corrected chi connectivity index (χ3v) is 5.03. The van der Waals surface area contributed by atoms with Crippen molar-refractivity contribution in [2.24, 2.45) is 0 Å². The van der Waals surface area contributed by atoms with Gasteiger partial charge in [0.15, 0.2) is 5.69 Å². The van der Waals surface area contributed by atoms with Crippen LogP contribution in [0.3, 0.4) is 0 Å². The Morgan fingerprint density at radius 2 is 1.97 bits per heavy atom. The van der Waals surface area contributed by atoms with Crippen LogP contribution in [0.2, 0.25) is 0 Å². The second-order valence-corrected chi connectivity index (χ2v) is 7.09. The number of amides is 1. The number of aromatic nitrogens is 3. The molecule has 2 aromatic heterocycles. The van der Waals surface area contributed by atoms with E-state index in [9.17, 15) is 14.4 Å². The topological polar surface area (TPSA) is 126 Å². The van der Waals surface area contributed by atoms with Crippen molar-refractivity contribution in [1.29, 1.82) is 0 Å². The zero-order chi connectivity index (χ0) is 22.4. The van der Waals surface area contributed by atoms with Crippen LogP contribution in [0.5, 0.6) is 0 Å². The molecule has 1 aromatic carbocycles. The summed E-state index contributed by atoms with van der Waals surface area (Å²) >= 11 is 0. The van der Waals surface area contributed by atoms with Gasteiger partial charge in [-0.2, -0.15) is 0 Å². The molecule has 3 rings (SSSR count). The number of nitrogens with two attached hydrogens (primary N) is 1. The van der Waals surface area contributed by atoms with Crippen molar-refractivity contribution >= 4 is 17.4 Å². The number of nitrogens with one attached hydrogen (secondary N) is 2. The molecule has 0 aliphatic carbocycles. The highest BCUT2D eigenvalue weighted by Crippen LogP contribution is 2.18. The minimum atomic E-state index is -0.692. The van der Waals surface area contributed by atoms with Crippen molar-refractivity contribution in [1.82, 2.24) is 19.9 Å². The first-order valence-corrected chi connectivity index (χ1v) is 10.0. The molecule has 31 heavy (non-hydrogen) atoms. The van der Waals surface area contributed by atoms with Gasteiger partial charge in [0, 0.05) is 25.0 Å². The predicted molar refractivity (Wildman–Crippen MR) is 120 cm³/mol. The number of carbonyl (C=O) groups excluding carboxylic acids is 1. The van der Waals surface area contributed by atoms with E-state index in [2.05, 4.69) is 15.3 Å². The van der Waals surface area contributed by atoms with Gasteiger partial charge in [0.1, 0.15) is 5.82 Å². The van der Waals surface area contributed by atoms with Crippen LogP contribution < -0.4 is 27.2 Å². The fourth-order valence-corrected chi connectivity index (χ4v) is 3.31. The molecule has 4 N–H and O–H groups in total. The SMILES string of the molecule is CCN(C(=O)CNC(C)c1cccnc1)c1c(N)n(Cc2ccccc2)c(=O)[nH]c1=O. The molecular weight excluding hydrogens is 396 g/mol. The largest absolute Gasteiger partial charge is 0.383 e. The van der Waals surface area contributed by atoms with Gasteiger partial charge in [-0.05, 0) is 31.0 Å². The fraction of sp³-hybridized carbons (Fsp3) is 0.273. The molecule has 1 atom stereocenters. The molecule has 0 saturated carbocycles. The van der Waals surface area contributed by atoms with Crippen molar-refractivity contribution in [2.75, 3.05) is 23.7 Å². The molecule has 9 nitrogen and oxygen atoms in total. The first-order chi connectivity index (χ1) is 14.9. The Kier molecular flexibility index (Phi) is 6.99. The molecule has 2 heterocycles. The van der Waals surface area contributed by atoms with Crippen molar-refractivity contribution in [3.05, 3.63) is 86.8 Å². The second kappa shape index (κ2) is 9.86. The maximum absolute atomic E-state index is 12.9. The number of benzene rings is 1. The third-order valence-electron chi connectivity index (χ3n) is 5.03. The number of nitrogen functional groups attached to an aromatic ring is 1. The molecule has 9 heteroatoms. The van der Waals surface area contributed by atoms with Crippen molar-refractivity contribution < 1.29 is 4.79 Å². The van der Waals surface area contributed by atoms with Crippen LogP contribution in [0.4, 0.5) is 11.5 Å². The highest BCUT2D eigenvalue weighted by Gasteiger charge is 2.23. The summed E-state index contributed by atoms with van der Waals surface area (Å²) in [6.07, 6.45) is 3.40. The summed E-state index contributed by atoms with van der Waals surface area (Å²) < 4.78 is 1.26. The highest BCUT2D eigenvalue weighted by atomic mass is 16.2. The quantitative estimate of drug-likeness (QED) is 0.502. The average Bonchev–Trinajstić information content (AvgIpc) is 2.78. The number of hydrogen-bond acceptors (Lipinski definition) is 6. The van der Waals surface area contributed by atoms with E-state index in [1.165, 1.54) is 9.47 Å². The minimum absolute atomic E-state index is 0.0133. The molecular formula is C22H26N6O3. The smallest absolute Gasteiger partial charge is 0.330 e. The maximum Gasteiger partial charge on any atom is 0.330 e. The van der Waals surface area contributed by atoms with Crippen LogP contribution in [0.15, 0.2) is 64.4 Å². The third kappa shape index (κ3) is 5.07. The number of H-pyrrole nitrogens is 1. The highest BCUT2D eigenvalue weighted by molar-refractivity contribution is 5.96. The summed E-state index contributed by atoms with van der Waals surface area (Å²) in [4.78, 5) is 45.5. The lowest BCUT2D eigenvalue weighted by Crippen LogP contribution is -2.44. The first-order valence-electron chi connectivity index (χ1n) is 10.0. The van der Waals surface area contributed by atoms with Crippen LogP contribution in [-0.4, -0.2) is 33.5 Å². The van der Waals surface area contributed by atoms with Gasteiger partial charge in [-0.3, -0.25) is 24.1 Å². The summed E-state index contributed by atoms with van der Waals surface area (Å²) in [5.41, 5.74) is 6.65. The average molecular weight is 422 g/mol. The lowest BCUT2D eigenvalue weighted by molar-refractivity contribution is -0.117. The zero-order valence-corrected chi connectivity index (χ0v) is 17.5. The Hall–Kier alpha value is -3.72. The maximum atomic E-state index is 12.9. The first kappa shape index (κ1) is 22.0. The summed E-state index contributed by atoms with van der Waals surface area (Å²) in [5, 5.41) is 3.14. The van der Waals surface area contributed by atoms with Crippen LogP contribution in [0.25, 0.3) is 0 Å². The number of aromatic amines is 1. The number of anilines is 2. The summed E-state index contributed by atoms with van der Waals surface area (Å²) in [5.74, 6) is -0.381. The molecule has 0 aliphatic rings. The zero-order valence-electron chi connectivity index (χ0n) is 17.5. The van der Waals surface area contributed by atoms with Gasteiger partial charge in [0.2, 0.25) is 5.91 Å². The lowest BCUT2D eigenvalue weighted by atomic mass is 10.1. The summed E-state index contributed by atoms with van der Waals surface area (Å²) in [7, 11) is 0. The van der Waals surface area contributed by atoms with E-state index in [-0.39, 0.29) is 43.1 Å². The Bertz CT molecular complexity index is 1140. The number of carbonyl (C=O) groups is 1. The van der Waals surface area contributed by atoms with Gasteiger partial charge in [-0.25, -0.2) is 4.79 Å². The Morgan fingerprint density at radius 3 is 2.61 bits per heavy atom. The molecule has 0 radical (unpaired) electrons. The molecule has 3 aromatic rings. The second-order valence-electron chi connectivity index (χ2n) is 7.09. The van der Waals surface area contributed by atoms with Crippen LogP contribution in [0, 0.1) is 0 Å². The van der Waals surface area contributed by atoms with Crippen molar-refractivity contribution in [3.63, 3.8) is 0 Å². The predicted octanol–water partition coefficient (Wildman–Crippen LogP) is 1.27. The molecule has 0 spiro atoms. The Balaban J connectivity index is 1.85. The van der Waals surface area contributed by atoms with E-state index in [0.717, 1.165) is 11.1 Å². The van der Waals surface area contributed by atoms with Crippen LogP contribution in [-0.2, 0) is 11.3 Å². The number of nitrogens with zero attached hydrogens (tertiary/aromatic N) is 3. The van der Waals surface area contributed by atoms with Gasteiger partial charge in [0.05, 0.1) is 13.1 Å².